The summed E-state index contributed by atoms with van der Waals surface area (Å²) in [5.74, 6) is 0.159. The average molecular weight is 275 g/mol. The third-order valence-electron chi connectivity index (χ3n) is 2.82. The highest BCUT2D eigenvalue weighted by atomic mass is 35.5. The summed E-state index contributed by atoms with van der Waals surface area (Å²) in [5, 5.41) is 2.54. The zero-order valence-corrected chi connectivity index (χ0v) is 10.5. The van der Waals surface area contributed by atoms with E-state index in [2.05, 4.69) is 4.98 Å². The normalized spacial score (nSPS) is 22.5. The predicted molar refractivity (Wildman–Crippen MR) is 66.4 cm³/mol. The van der Waals surface area contributed by atoms with Crippen molar-refractivity contribution >= 4 is 44.8 Å². The molecule has 6 heteroatoms. The Labute approximate surface area is 106 Å². The van der Waals surface area contributed by atoms with Gasteiger partial charge >= 0.3 is 0 Å². The van der Waals surface area contributed by atoms with Crippen molar-refractivity contribution in [2.45, 2.75) is 17.3 Å². The second-order valence-electron chi connectivity index (χ2n) is 4.00. The standard InChI is InChI=1S/C10H8Cl2N2OS/c11-10(12)3-6(10)4-14-5-13-8-7(9(14)15)1-2-16-8/h1-2,5-6H,3-4H2/t6-/m1/s1. The molecule has 1 aliphatic rings. The second kappa shape index (κ2) is 3.45. The lowest BCUT2D eigenvalue weighted by Crippen LogP contribution is -2.21. The van der Waals surface area contributed by atoms with E-state index in [0.717, 1.165) is 11.3 Å². The highest BCUT2D eigenvalue weighted by Crippen LogP contribution is 2.53. The smallest absolute Gasteiger partial charge is 0.262 e. The number of hydrogen-bond acceptors (Lipinski definition) is 3. The monoisotopic (exact) mass is 274 g/mol. The summed E-state index contributed by atoms with van der Waals surface area (Å²) >= 11 is 13.3. The van der Waals surface area contributed by atoms with E-state index in [4.69, 9.17) is 23.2 Å². The first-order valence-corrected chi connectivity index (χ1v) is 6.52. The number of thiophene rings is 1. The third kappa shape index (κ3) is 1.65. The van der Waals surface area contributed by atoms with E-state index in [-0.39, 0.29) is 11.5 Å². The molecule has 84 valence electrons. The van der Waals surface area contributed by atoms with Crippen LogP contribution in [0.15, 0.2) is 22.6 Å². The number of aromatic nitrogens is 2. The van der Waals surface area contributed by atoms with Gasteiger partial charge in [-0.15, -0.1) is 34.5 Å². The van der Waals surface area contributed by atoms with Crippen molar-refractivity contribution in [3.8, 4) is 0 Å². The lowest BCUT2D eigenvalue weighted by molar-refractivity contribution is 0.597. The Balaban J connectivity index is 1.98. The lowest BCUT2D eigenvalue weighted by atomic mass is 10.4. The Morgan fingerprint density at radius 2 is 2.38 bits per heavy atom. The van der Waals surface area contributed by atoms with Gasteiger partial charge in [0.2, 0.25) is 0 Å². The summed E-state index contributed by atoms with van der Waals surface area (Å²) in [6, 6.07) is 1.80. The fourth-order valence-electron chi connectivity index (χ4n) is 1.73. The van der Waals surface area contributed by atoms with Crippen LogP contribution in [0.25, 0.3) is 10.2 Å². The molecule has 2 aromatic heterocycles. The van der Waals surface area contributed by atoms with Gasteiger partial charge in [0, 0.05) is 12.5 Å². The molecule has 2 aromatic rings. The first-order chi connectivity index (χ1) is 7.58. The van der Waals surface area contributed by atoms with Crippen LogP contribution in [-0.4, -0.2) is 13.9 Å². The van der Waals surface area contributed by atoms with Crippen molar-refractivity contribution in [1.29, 1.82) is 0 Å². The van der Waals surface area contributed by atoms with Gasteiger partial charge in [-0.05, 0) is 17.9 Å². The van der Waals surface area contributed by atoms with Crippen LogP contribution < -0.4 is 5.56 Å². The van der Waals surface area contributed by atoms with Gasteiger partial charge in [-0.2, -0.15) is 0 Å². The Morgan fingerprint density at radius 3 is 3.06 bits per heavy atom. The van der Waals surface area contributed by atoms with Crippen molar-refractivity contribution in [3.63, 3.8) is 0 Å². The van der Waals surface area contributed by atoms with Gasteiger partial charge in [0.25, 0.3) is 5.56 Å². The number of halogens is 2. The minimum Gasteiger partial charge on any atom is -0.298 e. The highest BCUT2D eigenvalue weighted by Gasteiger charge is 2.51. The SMILES string of the molecule is O=c1c2ccsc2ncn1C[C@H]1CC1(Cl)Cl. The molecule has 0 spiro atoms. The summed E-state index contributed by atoms with van der Waals surface area (Å²) < 4.78 is 0.940. The Kier molecular flexibility index (Phi) is 2.28. The fraction of sp³-hybridized carbons (Fsp3) is 0.400. The van der Waals surface area contributed by atoms with E-state index in [9.17, 15) is 4.79 Å². The van der Waals surface area contributed by atoms with Crippen molar-refractivity contribution in [2.75, 3.05) is 0 Å². The number of rotatable bonds is 2. The summed E-state index contributed by atoms with van der Waals surface area (Å²) in [7, 11) is 0. The van der Waals surface area contributed by atoms with Gasteiger partial charge in [-0.1, -0.05) is 0 Å². The highest BCUT2D eigenvalue weighted by molar-refractivity contribution is 7.16. The molecular formula is C10H8Cl2N2OS. The Morgan fingerprint density at radius 1 is 1.62 bits per heavy atom. The summed E-state index contributed by atoms with van der Waals surface area (Å²) in [4.78, 5) is 17.0. The molecular weight excluding hydrogens is 267 g/mol. The van der Waals surface area contributed by atoms with Gasteiger partial charge in [0.1, 0.15) is 9.16 Å². The zero-order valence-electron chi connectivity index (χ0n) is 8.19. The van der Waals surface area contributed by atoms with Gasteiger partial charge in [0.05, 0.1) is 11.7 Å². The molecule has 1 aliphatic carbocycles. The molecule has 0 radical (unpaired) electrons. The minimum atomic E-state index is -0.650. The third-order valence-corrected chi connectivity index (χ3v) is 4.57. The molecule has 1 atom stereocenters. The van der Waals surface area contributed by atoms with Crippen molar-refractivity contribution in [3.05, 3.63) is 28.1 Å². The summed E-state index contributed by atoms with van der Waals surface area (Å²) in [6.07, 6.45) is 2.31. The van der Waals surface area contributed by atoms with Crippen LogP contribution in [0.3, 0.4) is 0 Å². The fourth-order valence-corrected chi connectivity index (χ4v) is 2.96. The lowest BCUT2D eigenvalue weighted by Gasteiger charge is -2.04. The quantitative estimate of drug-likeness (QED) is 0.790. The largest absolute Gasteiger partial charge is 0.298 e. The number of alkyl halides is 2. The maximum absolute atomic E-state index is 12.0. The van der Waals surface area contributed by atoms with Gasteiger partial charge in [0.15, 0.2) is 0 Å². The van der Waals surface area contributed by atoms with E-state index >= 15 is 0 Å². The second-order valence-corrected chi connectivity index (χ2v) is 6.44. The number of hydrogen-bond donors (Lipinski definition) is 0. The summed E-state index contributed by atoms with van der Waals surface area (Å²) in [5.41, 5.74) is -0.0118. The van der Waals surface area contributed by atoms with Gasteiger partial charge in [-0.3, -0.25) is 9.36 Å². The zero-order chi connectivity index (χ0) is 11.3. The molecule has 3 nitrogen and oxygen atoms in total. The van der Waals surface area contributed by atoms with Crippen molar-refractivity contribution in [2.24, 2.45) is 5.92 Å². The molecule has 1 saturated carbocycles. The van der Waals surface area contributed by atoms with E-state index in [1.165, 1.54) is 11.3 Å². The van der Waals surface area contributed by atoms with E-state index in [1.54, 1.807) is 17.0 Å². The molecule has 1 fully saturated rings. The minimum absolute atomic E-state index is 0.0118. The summed E-state index contributed by atoms with van der Waals surface area (Å²) in [6.45, 7) is 0.546. The first kappa shape index (κ1) is 10.6. The molecule has 0 N–H and O–H groups in total. The number of fused-ring (bicyclic) bond motifs is 1. The van der Waals surface area contributed by atoms with E-state index in [1.807, 2.05) is 5.38 Å². The van der Waals surface area contributed by atoms with Gasteiger partial charge in [-0.25, -0.2) is 4.98 Å². The van der Waals surface area contributed by atoms with Crippen LogP contribution in [0.1, 0.15) is 6.42 Å². The first-order valence-electron chi connectivity index (χ1n) is 4.88. The van der Waals surface area contributed by atoms with Crippen LogP contribution in [0, 0.1) is 5.92 Å². The van der Waals surface area contributed by atoms with Crippen LogP contribution >= 0.6 is 34.5 Å². The molecule has 0 aliphatic heterocycles. The molecule has 16 heavy (non-hydrogen) atoms. The predicted octanol–water partition coefficient (Wildman–Crippen LogP) is 2.65. The molecule has 0 bridgehead atoms. The van der Waals surface area contributed by atoms with E-state index < -0.39 is 4.33 Å². The van der Waals surface area contributed by atoms with Crippen LogP contribution in [0.5, 0.6) is 0 Å². The molecule has 0 unspecified atom stereocenters. The Hall–Kier alpha value is -0.580. The van der Waals surface area contributed by atoms with E-state index in [0.29, 0.717) is 11.9 Å². The molecule has 0 aromatic carbocycles. The molecule has 3 rings (SSSR count). The maximum Gasteiger partial charge on any atom is 0.262 e. The molecule has 0 amide bonds. The Bertz CT molecular complexity index is 604. The van der Waals surface area contributed by atoms with Crippen molar-refractivity contribution < 1.29 is 0 Å². The number of nitrogens with zero attached hydrogens (tertiary/aromatic N) is 2. The average Bonchev–Trinajstić information content (AvgIpc) is 2.66. The topological polar surface area (TPSA) is 34.9 Å². The van der Waals surface area contributed by atoms with Gasteiger partial charge < -0.3 is 0 Å². The van der Waals surface area contributed by atoms with Crippen molar-refractivity contribution in [1.82, 2.24) is 9.55 Å². The maximum atomic E-state index is 12.0. The molecule has 0 saturated heterocycles. The van der Waals surface area contributed by atoms with Crippen LogP contribution in [0.4, 0.5) is 0 Å². The molecule has 2 heterocycles. The van der Waals surface area contributed by atoms with Crippen LogP contribution in [0.2, 0.25) is 0 Å². The van der Waals surface area contributed by atoms with Crippen LogP contribution in [-0.2, 0) is 6.54 Å².